The number of hydrogen-bond donors (Lipinski definition) is 2. The molecule has 2 aromatic rings. The molecule has 0 atom stereocenters. The lowest BCUT2D eigenvalue weighted by molar-refractivity contribution is 0.275. The van der Waals surface area contributed by atoms with Crippen molar-refractivity contribution in [3.63, 3.8) is 0 Å². The zero-order valence-corrected chi connectivity index (χ0v) is 12.5. The lowest BCUT2D eigenvalue weighted by Gasteiger charge is -2.26. The molecule has 0 bridgehead atoms. The molecule has 3 rings (SSSR count). The molecule has 0 spiro atoms. The number of H-pyrrole nitrogens is 1. The van der Waals surface area contributed by atoms with Crippen LogP contribution in [0, 0.1) is 11.8 Å². The molecule has 1 aromatic carbocycles. The Morgan fingerprint density at radius 1 is 1.15 bits per heavy atom. The Hall–Kier alpha value is -1.28. The fraction of sp³-hybridized carbons (Fsp3) is 0.556. The Morgan fingerprint density at radius 3 is 2.85 bits per heavy atom. The highest BCUT2D eigenvalue weighted by Gasteiger charge is 2.17. The third kappa shape index (κ3) is 3.24. The standard InChI is InChI=1S/C18H26N2/c1-14-5-7-15(8-6-14)9-11-19-13-16-3-2-4-18-17(16)10-12-20-18/h2-4,10,12,14-15,19-20H,5-9,11,13H2,1H3. The van der Waals surface area contributed by atoms with E-state index >= 15 is 0 Å². The SMILES string of the molecule is CC1CCC(CCNCc2cccc3[nH]ccc23)CC1. The summed E-state index contributed by atoms with van der Waals surface area (Å²) in [5, 5.41) is 4.98. The van der Waals surface area contributed by atoms with Crippen molar-refractivity contribution in [3.05, 3.63) is 36.0 Å². The minimum atomic E-state index is 0.960. The van der Waals surface area contributed by atoms with E-state index in [0.29, 0.717) is 0 Å². The molecule has 0 unspecified atom stereocenters. The Balaban J connectivity index is 1.45. The van der Waals surface area contributed by atoms with Crippen LogP contribution >= 0.6 is 0 Å². The van der Waals surface area contributed by atoms with Crippen LogP contribution < -0.4 is 5.32 Å². The number of hydrogen-bond acceptors (Lipinski definition) is 1. The first-order chi connectivity index (χ1) is 9.83. The van der Waals surface area contributed by atoms with Crippen LogP contribution in [0.15, 0.2) is 30.5 Å². The summed E-state index contributed by atoms with van der Waals surface area (Å²) in [7, 11) is 0. The molecular formula is C18H26N2. The van der Waals surface area contributed by atoms with Crippen LogP contribution in [0.3, 0.4) is 0 Å². The second-order valence-electron chi connectivity index (χ2n) is 6.45. The molecule has 1 saturated carbocycles. The van der Waals surface area contributed by atoms with Gasteiger partial charge in [0.2, 0.25) is 0 Å². The topological polar surface area (TPSA) is 27.8 Å². The van der Waals surface area contributed by atoms with Gasteiger partial charge in [-0.3, -0.25) is 0 Å². The summed E-state index contributed by atoms with van der Waals surface area (Å²) in [6.45, 7) is 4.53. The van der Waals surface area contributed by atoms with Crippen molar-refractivity contribution in [1.29, 1.82) is 0 Å². The van der Waals surface area contributed by atoms with Crippen LogP contribution in [-0.4, -0.2) is 11.5 Å². The maximum atomic E-state index is 3.63. The van der Waals surface area contributed by atoms with Gasteiger partial charge in [-0.25, -0.2) is 0 Å². The monoisotopic (exact) mass is 270 g/mol. The van der Waals surface area contributed by atoms with Crippen molar-refractivity contribution in [2.45, 2.75) is 45.6 Å². The van der Waals surface area contributed by atoms with Crippen molar-refractivity contribution in [2.75, 3.05) is 6.54 Å². The van der Waals surface area contributed by atoms with Gasteiger partial charge in [0.15, 0.2) is 0 Å². The van der Waals surface area contributed by atoms with Crippen LogP contribution in [0.4, 0.5) is 0 Å². The van der Waals surface area contributed by atoms with Crippen molar-refractivity contribution >= 4 is 10.9 Å². The van der Waals surface area contributed by atoms with Crippen LogP contribution in [0.2, 0.25) is 0 Å². The maximum Gasteiger partial charge on any atom is 0.0457 e. The number of aromatic amines is 1. The van der Waals surface area contributed by atoms with E-state index in [1.165, 1.54) is 48.6 Å². The van der Waals surface area contributed by atoms with Gasteiger partial charge in [0.1, 0.15) is 0 Å². The first-order valence-corrected chi connectivity index (χ1v) is 8.08. The van der Waals surface area contributed by atoms with Gasteiger partial charge in [-0.05, 0) is 42.5 Å². The summed E-state index contributed by atoms with van der Waals surface area (Å²) in [5.74, 6) is 1.92. The quantitative estimate of drug-likeness (QED) is 0.771. The highest BCUT2D eigenvalue weighted by molar-refractivity contribution is 5.82. The van der Waals surface area contributed by atoms with Gasteiger partial charge in [-0.2, -0.15) is 0 Å². The van der Waals surface area contributed by atoms with Crippen molar-refractivity contribution in [2.24, 2.45) is 11.8 Å². The predicted octanol–water partition coefficient (Wildman–Crippen LogP) is 4.47. The Kier molecular flexibility index (Phi) is 4.41. The lowest BCUT2D eigenvalue weighted by atomic mass is 9.81. The Bertz CT molecular complexity index is 535. The second-order valence-corrected chi connectivity index (χ2v) is 6.45. The lowest BCUT2D eigenvalue weighted by Crippen LogP contribution is -2.20. The molecule has 2 N–H and O–H groups in total. The molecule has 0 aliphatic heterocycles. The minimum absolute atomic E-state index is 0.960. The number of benzene rings is 1. The van der Waals surface area contributed by atoms with E-state index < -0.39 is 0 Å². The molecule has 0 radical (unpaired) electrons. The average Bonchev–Trinajstić information content (AvgIpc) is 2.94. The maximum absolute atomic E-state index is 3.63. The molecular weight excluding hydrogens is 244 g/mol. The van der Waals surface area contributed by atoms with Gasteiger partial charge >= 0.3 is 0 Å². The summed E-state index contributed by atoms with van der Waals surface area (Å²) in [5.41, 5.74) is 2.64. The van der Waals surface area contributed by atoms with E-state index in [2.05, 4.69) is 41.5 Å². The van der Waals surface area contributed by atoms with E-state index in [9.17, 15) is 0 Å². The Labute approximate surface area is 122 Å². The van der Waals surface area contributed by atoms with Crippen LogP contribution in [-0.2, 0) is 6.54 Å². The van der Waals surface area contributed by atoms with Gasteiger partial charge < -0.3 is 10.3 Å². The molecule has 1 fully saturated rings. The van der Waals surface area contributed by atoms with E-state index in [1.54, 1.807) is 0 Å². The molecule has 0 amide bonds. The molecule has 1 heterocycles. The van der Waals surface area contributed by atoms with E-state index in [-0.39, 0.29) is 0 Å². The summed E-state index contributed by atoms with van der Waals surface area (Å²) in [6, 6.07) is 8.68. The summed E-state index contributed by atoms with van der Waals surface area (Å²) < 4.78 is 0. The molecule has 20 heavy (non-hydrogen) atoms. The molecule has 2 heteroatoms. The van der Waals surface area contributed by atoms with Crippen molar-refractivity contribution < 1.29 is 0 Å². The first kappa shape index (κ1) is 13.7. The normalized spacial score (nSPS) is 23.2. The third-order valence-electron chi connectivity index (χ3n) is 4.87. The number of aromatic nitrogens is 1. The fourth-order valence-corrected chi connectivity index (χ4v) is 3.45. The minimum Gasteiger partial charge on any atom is -0.361 e. The van der Waals surface area contributed by atoms with E-state index in [0.717, 1.165) is 24.9 Å². The first-order valence-electron chi connectivity index (χ1n) is 8.08. The zero-order valence-electron chi connectivity index (χ0n) is 12.5. The van der Waals surface area contributed by atoms with Crippen LogP contribution in [0.1, 0.15) is 44.6 Å². The van der Waals surface area contributed by atoms with Crippen molar-refractivity contribution in [1.82, 2.24) is 10.3 Å². The predicted molar refractivity (Wildman–Crippen MR) is 85.7 cm³/mol. The smallest absolute Gasteiger partial charge is 0.0457 e. The largest absolute Gasteiger partial charge is 0.361 e. The Morgan fingerprint density at radius 2 is 2.00 bits per heavy atom. The van der Waals surface area contributed by atoms with Crippen LogP contribution in [0.25, 0.3) is 10.9 Å². The highest BCUT2D eigenvalue weighted by atomic mass is 14.8. The molecule has 1 aliphatic rings. The third-order valence-corrected chi connectivity index (χ3v) is 4.87. The molecule has 0 saturated heterocycles. The van der Waals surface area contributed by atoms with Gasteiger partial charge in [0.25, 0.3) is 0 Å². The van der Waals surface area contributed by atoms with Gasteiger partial charge in [0, 0.05) is 23.6 Å². The average molecular weight is 270 g/mol. The van der Waals surface area contributed by atoms with E-state index in [1.807, 2.05) is 6.20 Å². The second kappa shape index (κ2) is 6.45. The van der Waals surface area contributed by atoms with Gasteiger partial charge in [-0.1, -0.05) is 44.7 Å². The fourth-order valence-electron chi connectivity index (χ4n) is 3.45. The number of rotatable bonds is 5. The zero-order chi connectivity index (χ0) is 13.8. The number of fused-ring (bicyclic) bond motifs is 1. The summed E-state index contributed by atoms with van der Waals surface area (Å²) >= 11 is 0. The van der Waals surface area contributed by atoms with Crippen LogP contribution in [0.5, 0.6) is 0 Å². The molecule has 1 aliphatic carbocycles. The number of nitrogens with one attached hydrogen (secondary N) is 2. The van der Waals surface area contributed by atoms with Gasteiger partial charge in [0.05, 0.1) is 0 Å². The van der Waals surface area contributed by atoms with E-state index in [4.69, 9.17) is 0 Å². The highest BCUT2D eigenvalue weighted by Crippen LogP contribution is 2.30. The summed E-state index contributed by atoms with van der Waals surface area (Å²) in [6.07, 6.45) is 9.13. The van der Waals surface area contributed by atoms with Crippen molar-refractivity contribution in [3.8, 4) is 0 Å². The van der Waals surface area contributed by atoms with Gasteiger partial charge in [-0.15, -0.1) is 0 Å². The molecule has 1 aromatic heterocycles. The molecule has 2 nitrogen and oxygen atoms in total. The summed E-state index contributed by atoms with van der Waals surface area (Å²) in [4.78, 5) is 3.28. The molecule has 108 valence electrons.